The summed E-state index contributed by atoms with van der Waals surface area (Å²) in [7, 11) is 0. The van der Waals surface area contributed by atoms with E-state index in [1.54, 1.807) is 31.2 Å². The molecule has 0 spiro atoms. The molecule has 1 fully saturated rings. The first-order valence-electron chi connectivity index (χ1n) is 6.52. The average Bonchev–Trinajstić information content (AvgIpc) is 2.50. The Bertz CT molecular complexity index is 517. The maximum absolute atomic E-state index is 9.86. The van der Waals surface area contributed by atoms with Gasteiger partial charge in [0.05, 0.1) is 17.8 Å². The lowest BCUT2D eigenvalue weighted by Gasteiger charge is -2.38. The Morgan fingerprint density at radius 1 is 1.19 bits per heavy atom. The Kier molecular flexibility index (Phi) is 5.41. The van der Waals surface area contributed by atoms with Gasteiger partial charge in [0.15, 0.2) is 0 Å². The van der Waals surface area contributed by atoms with Crippen molar-refractivity contribution in [3.63, 3.8) is 0 Å². The van der Waals surface area contributed by atoms with Gasteiger partial charge in [0.25, 0.3) is 0 Å². The van der Waals surface area contributed by atoms with Gasteiger partial charge < -0.3 is 24.8 Å². The van der Waals surface area contributed by atoms with Gasteiger partial charge in [-0.3, -0.25) is 0 Å². The van der Waals surface area contributed by atoms with Crippen molar-refractivity contribution in [3.8, 4) is 5.75 Å². The first kappa shape index (κ1) is 16.0. The average molecular weight is 311 g/mol. The molecular weight excluding hydrogens is 294 g/mol. The summed E-state index contributed by atoms with van der Waals surface area (Å²) in [5.74, 6) is 0.477. The molecule has 0 saturated carbocycles. The summed E-state index contributed by atoms with van der Waals surface area (Å²) in [6.07, 6.45) is -5.45. The third kappa shape index (κ3) is 3.85. The summed E-state index contributed by atoms with van der Waals surface area (Å²) in [5, 5.41) is 31.5. The lowest BCUT2D eigenvalue weighted by Crippen LogP contribution is -2.58. The molecule has 21 heavy (non-hydrogen) atoms. The highest BCUT2D eigenvalue weighted by molar-refractivity contribution is 7.78. The number of aliphatic imine (C=N–C) groups is 1. The van der Waals surface area contributed by atoms with Gasteiger partial charge in [0, 0.05) is 0 Å². The van der Waals surface area contributed by atoms with Crippen LogP contribution in [-0.2, 0) is 11.3 Å². The molecule has 0 amide bonds. The largest absolute Gasteiger partial charge is 0.462 e. The van der Waals surface area contributed by atoms with Gasteiger partial charge in [-0.1, -0.05) is 12.1 Å². The van der Waals surface area contributed by atoms with E-state index < -0.39 is 30.7 Å². The number of aliphatic hydroxyl groups is 3. The van der Waals surface area contributed by atoms with Gasteiger partial charge in [0.1, 0.15) is 24.1 Å². The van der Waals surface area contributed by atoms with Crippen LogP contribution in [0.15, 0.2) is 29.3 Å². The van der Waals surface area contributed by atoms with Crippen molar-refractivity contribution in [3.05, 3.63) is 29.8 Å². The molecule has 2 rings (SSSR count). The van der Waals surface area contributed by atoms with E-state index in [1.807, 2.05) is 0 Å². The molecule has 1 unspecified atom stereocenters. The van der Waals surface area contributed by atoms with Gasteiger partial charge in [-0.05, 0) is 36.8 Å². The number of hydrogen-bond donors (Lipinski definition) is 3. The van der Waals surface area contributed by atoms with E-state index in [0.717, 1.165) is 5.56 Å². The fraction of sp³-hybridized carbons (Fsp3) is 0.500. The number of benzene rings is 1. The molecule has 1 aromatic rings. The zero-order chi connectivity index (χ0) is 15.4. The molecule has 0 aliphatic carbocycles. The molecule has 114 valence electrons. The minimum absolute atomic E-state index is 0.439. The number of ether oxygens (including phenoxy) is 2. The van der Waals surface area contributed by atoms with Crippen molar-refractivity contribution in [2.45, 2.75) is 44.2 Å². The van der Waals surface area contributed by atoms with Crippen molar-refractivity contribution in [1.82, 2.24) is 0 Å². The summed E-state index contributed by atoms with van der Waals surface area (Å²) >= 11 is 4.50. The predicted octanol–water partition coefficient (Wildman–Crippen LogP) is 0.496. The molecule has 7 heteroatoms. The highest BCUT2D eigenvalue weighted by Crippen LogP contribution is 2.24. The highest BCUT2D eigenvalue weighted by atomic mass is 32.1. The molecule has 6 nitrogen and oxygen atoms in total. The van der Waals surface area contributed by atoms with Crippen LogP contribution in [0.25, 0.3) is 0 Å². The number of thiocarbonyl (C=S) groups is 1. The molecule has 5 atom stereocenters. The third-order valence-electron chi connectivity index (χ3n) is 3.31. The molecule has 3 N–H and O–H groups in total. The lowest BCUT2D eigenvalue weighted by atomic mass is 10.00. The number of rotatable bonds is 4. The van der Waals surface area contributed by atoms with Crippen LogP contribution < -0.4 is 4.74 Å². The van der Waals surface area contributed by atoms with Crippen LogP contribution in [-0.4, -0.2) is 51.2 Å². The molecule has 1 aliphatic heterocycles. The lowest BCUT2D eigenvalue weighted by molar-refractivity contribution is -0.268. The molecular formula is C14H17NO5S. The Morgan fingerprint density at radius 3 is 2.48 bits per heavy atom. The number of isothiocyanates is 1. The highest BCUT2D eigenvalue weighted by Gasteiger charge is 2.43. The maximum Gasteiger partial charge on any atom is 0.229 e. The van der Waals surface area contributed by atoms with Gasteiger partial charge in [-0.25, -0.2) is 4.99 Å². The van der Waals surface area contributed by atoms with Crippen molar-refractivity contribution in [2.24, 2.45) is 4.99 Å². The zero-order valence-corrected chi connectivity index (χ0v) is 12.2. The van der Waals surface area contributed by atoms with Gasteiger partial charge in [-0.15, -0.1) is 0 Å². The van der Waals surface area contributed by atoms with Crippen LogP contribution in [0.2, 0.25) is 0 Å². The molecule has 1 aromatic carbocycles. The van der Waals surface area contributed by atoms with E-state index in [2.05, 4.69) is 22.4 Å². The second-order valence-electron chi connectivity index (χ2n) is 4.85. The van der Waals surface area contributed by atoms with Crippen molar-refractivity contribution in [2.75, 3.05) is 0 Å². The van der Waals surface area contributed by atoms with Crippen LogP contribution in [0.3, 0.4) is 0 Å². The van der Waals surface area contributed by atoms with Crippen molar-refractivity contribution in [1.29, 1.82) is 0 Å². The van der Waals surface area contributed by atoms with Gasteiger partial charge in [-0.2, -0.15) is 0 Å². The SMILES string of the molecule is C[C@@H]1OC(Oc2ccc(CN=C=S)cc2)[C@H](O)[C@H](O)[C@H]1O. The topological polar surface area (TPSA) is 91.5 Å². The quantitative estimate of drug-likeness (QED) is 0.554. The fourth-order valence-corrected chi connectivity index (χ4v) is 2.11. The number of nitrogens with zero attached hydrogens (tertiary/aromatic N) is 1. The monoisotopic (exact) mass is 311 g/mol. The molecule has 1 heterocycles. The van der Waals surface area contributed by atoms with Crippen LogP contribution in [0.5, 0.6) is 5.75 Å². The Labute approximate surface area is 127 Å². The van der Waals surface area contributed by atoms with Crippen molar-refractivity contribution < 1.29 is 24.8 Å². The molecule has 0 bridgehead atoms. The van der Waals surface area contributed by atoms with E-state index >= 15 is 0 Å². The maximum atomic E-state index is 9.86. The minimum Gasteiger partial charge on any atom is -0.462 e. The van der Waals surface area contributed by atoms with Gasteiger partial charge >= 0.3 is 0 Å². The standard InChI is InChI=1S/C14H17NO5S/c1-8-11(16)12(17)13(18)14(19-8)20-10-4-2-9(3-5-10)6-15-7-21/h2-5,8,11-14,16-18H,6H2,1H3/t8-,11-,12+,13+,14?/m0/s1. The van der Waals surface area contributed by atoms with Crippen LogP contribution >= 0.6 is 12.2 Å². The van der Waals surface area contributed by atoms with E-state index in [4.69, 9.17) is 9.47 Å². The smallest absolute Gasteiger partial charge is 0.229 e. The number of aliphatic hydroxyl groups excluding tert-OH is 3. The first-order valence-corrected chi connectivity index (χ1v) is 6.92. The van der Waals surface area contributed by atoms with E-state index in [1.165, 1.54) is 0 Å². The van der Waals surface area contributed by atoms with Crippen LogP contribution in [0.1, 0.15) is 12.5 Å². The van der Waals surface area contributed by atoms with E-state index in [0.29, 0.717) is 12.3 Å². The summed E-state index contributed by atoms with van der Waals surface area (Å²) in [5.41, 5.74) is 0.939. The number of hydrogen-bond acceptors (Lipinski definition) is 7. The predicted molar refractivity (Wildman–Crippen MR) is 78.2 cm³/mol. The van der Waals surface area contributed by atoms with E-state index in [-0.39, 0.29) is 0 Å². The summed E-state index contributed by atoms with van der Waals surface area (Å²) in [4.78, 5) is 3.83. The summed E-state index contributed by atoms with van der Waals surface area (Å²) in [6.45, 7) is 2.04. The third-order valence-corrected chi connectivity index (χ3v) is 3.44. The van der Waals surface area contributed by atoms with E-state index in [9.17, 15) is 15.3 Å². The Morgan fingerprint density at radius 2 is 1.86 bits per heavy atom. The Balaban J connectivity index is 2.02. The molecule has 1 aliphatic rings. The molecule has 0 aromatic heterocycles. The van der Waals surface area contributed by atoms with Crippen LogP contribution in [0.4, 0.5) is 0 Å². The Hall–Kier alpha value is -1.34. The van der Waals surface area contributed by atoms with Gasteiger partial charge in [0.2, 0.25) is 6.29 Å². The normalized spacial score (nSPS) is 32.3. The first-order chi connectivity index (χ1) is 10.0. The summed E-state index contributed by atoms with van der Waals surface area (Å²) < 4.78 is 10.9. The van der Waals surface area contributed by atoms with Crippen molar-refractivity contribution >= 4 is 17.4 Å². The summed E-state index contributed by atoms with van der Waals surface area (Å²) in [6, 6.07) is 7.00. The molecule has 0 radical (unpaired) electrons. The molecule has 1 saturated heterocycles. The minimum atomic E-state index is -1.32. The second kappa shape index (κ2) is 7.09. The fourth-order valence-electron chi connectivity index (χ4n) is 2.04. The second-order valence-corrected chi connectivity index (χ2v) is 5.03. The van der Waals surface area contributed by atoms with Crippen LogP contribution in [0, 0.1) is 0 Å². The zero-order valence-electron chi connectivity index (χ0n) is 11.4.